The Hall–Kier alpha value is -1.88. The van der Waals surface area contributed by atoms with Gasteiger partial charge in [0.15, 0.2) is 5.69 Å². The van der Waals surface area contributed by atoms with Crippen LogP contribution in [0.4, 0.5) is 0 Å². The molecule has 0 saturated carbocycles. The van der Waals surface area contributed by atoms with Crippen LogP contribution in [0.3, 0.4) is 0 Å². The minimum absolute atomic E-state index is 0.109. The Kier molecular flexibility index (Phi) is 1.13. The summed E-state index contributed by atoms with van der Waals surface area (Å²) in [4.78, 5) is 13.4. The second-order valence-electron chi connectivity index (χ2n) is 5.00. The predicted molar refractivity (Wildman–Crippen MR) is 90.4 cm³/mol. The third-order valence-electron chi connectivity index (χ3n) is 3.54. The third kappa shape index (κ3) is 2.53. The lowest BCUT2D eigenvalue weighted by Gasteiger charge is -2.47. The molecule has 0 aliphatic carbocycles. The highest BCUT2D eigenvalue weighted by molar-refractivity contribution is 6.04. The number of benzene rings is 1. The van der Waals surface area contributed by atoms with Gasteiger partial charge in [-0.3, -0.25) is 9.48 Å². The monoisotopic (exact) mass is 331 g/mol. The van der Waals surface area contributed by atoms with E-state index >= 15 is 0 Å². The zero-order chi connectivity index (χ0) is 32.6. The van der Waals surface area contributed by atoms with Gasteiger partial charge in [0.05, 0.1) is 12.4 Å². The summed E-state index contributed by atoms with van der Waals surface area (Å²) in [6, 6.07) is -12.9. The molecule has 1 aromatic heterocycles. The second-order valence-corrected chi connectivity index (χ2v) is 5.00. The Morgan fingerprint density at radius 1 is 1.39 bits per heavy atom. The van der Waals surface area contributed by atoms with E-state index in [9.17, 15) is 4.79 Å². The number of hydrogen-bond acceptors (Lipinski definition) is 3. The van der Waals surface area contributed by atoms with E-state index in [-0.39, 0.29) is 9.58 Å². The highest BCUT2D eigenvalue weighted by Gasteiger charge is 2.36. The standard InChI is InChI=1S/C18H24N4O/c1-21-13-6-5-7-14(21)11-12(10-13)19-18(23)17-15-8-3-4-9-16(15)22(2)20-17/h3-4,8-9,12-14H,5-7,10-11H2,1-2H3,(H,19,23)/t13-,14-/m1/s1/i1D3,2D3,3D,4D,5D2,6D2,7D2,8D,9D,12D,13D,14D. The number of carbonyl (C=O) groups excluding carboxylic acids is 1. The number of hydrogen-bond donors (Lipinski definition) is 1. The van der Waals surface area contributed by atoms with E-state index in [1.54, 1.807) is 0 Å². The number of aromatic nitrogens is 2. The van der Waals surface area contributed by atoms with Crippen molar-refractivity contribution in [2.24, 2.45) is 6.98 Å². The lowest BCUT2D eigenvalue weighted by Crippen LogP contribution is -2.55. The molecule has 0 radical (unpaired) electrons. The quantitative estimate of drug-likeness (QED) is 0.919. The van der Waals surface area contributed by atoms with E-state index in [4.69, 9.17) is 26.0 Å². The Balaban J connectivity index is 1.93. The third-order valence-corrected chi connectivity index (χ3v) is 3.54. The van der Waals surface area contributed by atoms with Crippen molar-refractivity contribution in [3.63, 3.8) is 0 Å². The van der Waals surface area contributed by atoms with Crippen LogP contribution in [0, 0.1) is 0 Å². The summed E-state index contributed by atoms with van der Waals surface area (Å²) in [6.45, 7) is -6.70. The summed E-state index contributed by atoms with van der Waals surface area (Å²) in [6.07, 6.45) is -13.6. The smallest absolute Gasteiger partial charge is 0.272 e. The molecule has 5 nitrogen and oxygen atoms in total. The van der Waals surface area contributed by atoms with Crippen molar-refractivity contribution in [2.45, 2.75) is 50.0 Å². The van der Waals surface area contributed by atoms with Gasteiger partial charge in [-0.25, -0.2) is 0 Å². The first-order valence-corrected chi connectivity index (χ1v) is 6.66. The molecule has 1 amide bonds. The van der Waals surface area contributed by atoms with Crippen molar-refractivity contribution in [3.05, 3.63) is 29.9 Å². The molecule has 4 rings (SSSR count). The fourth-order valence-corrected chi connectivity index (χ4v) is 2.47. The number of piperidine rings is 2. The molecule has 0 unspecified atom stereocenters. The van der Waals surface area contributed by atoms with Crippen LogP contribution in [0.2, 0.25) is 0 Å². The van der Waals surface area contributed by atoms with E-state index in [0.717, 1.165) is 0 Å². The van der Waals surface area contributed by atoms with Crippen LogP contribution in [0.1, 0.15) is 68.5 Å². The molecular formula is C18H24N4O. The molecule has 2 aromatic rings. The molecule has 2 saturated heterocycles. The van der Waals surface area contributed by atoms with Crippen molar-refractivity contribution in [1.82, 2.24) is 20.0 Å². The minimum atomic E-state index is -3.69. The van der Waals surface area contributed by atoms with E-state index in [2.05, 4.69) is 5.10 Å². The average Bonchev–Trinajstić information content (AvgIpc) is 3.20. The van der Waals surface area contributed by atoms with E-state index in [0.29, 0.717) is 0 Å². The first-order chi connectivity index (χ1) is 18.5. The van der Waals surface area contributed by atoms with Crippen molar-refractivity contribution in [3.8, 4) is 0 Å². The van der Waals surface area contributed by atoms with Gasteiger partial charge in [0.1, 0.15) is 0 Å². The molecular weight excluding hydrogens is 288 g/mol. The number of fused-ring (bicyclic) bond motifs is 3. The summed E-state index contributed by atoms with van der Waals surface area (Å²) >= 11 is 0. The number of nitrogens with one attached hydrogen (secondary N) is 1. The van der Waals surface area contributed by atoms with Crippen LogP contribution < -0.4 is 5.32 Å². The lowest BCUT2D eigenvalue weighted by atomic mass is 9.82. The van der Waals surface area contributed by atoms with Crippen LogP contribution in [-0.4, -0.2) is 45.6 Å². The second kappa shape index (κ2) is 5.64. The van der Waals surface area contributed by atoms with Gasteiger partial charge in [-0.1, -0.05) is 24.5 Å². The van der Waals surface area contributed by atoms with E-state index in [1.165, 1.54) is 0 Å². The molecule has 23 heavy (non-hydrogen) atoms. The van der Waals surface area contributed by atoms with Gasteiger partial charge in [-0.05, 0) is 38.6 Å². The number of nitrogens with zero attached hydrogens (tertiary/aromatic N) is 3. The topological polar surface area (TPSA) is 50.2 Å². The normalized spacial score (nSPS) is 57.3. The van der Waals surface area contributed by atoms with Gasteiger partial charge in [0.25, 0.3) is 5.91 Å². The van der Waals surface area contributed by atoms with Gasteiger partial charge in [-0.15, -0.1) is 0 Å². The molecule has 2 aliphatic rings. The summed E-state index contributed by atoms with van der Waals surface area (Å²) in [5.41, 5.74) is -1.61. The van der Waals surface area contributed by atoms with Crippen LogP contribution >= 0.6 is 0 Å². The van der Waals surface area contributed by atoms with Crippen molar-refractivity contribution >= 4 is 16.8 Å². The van der Waals surface area contributed by atoms with Gasteiger partial charge < -0.3 is 10.2 Å². The summed E-state index contributed by atoms with van der Waals surface area (Å²) in [7, 11) is 0. The number of carbonyl (C=O) groups is 1. The Morgan fingerprint density at radius 3 is 2.91 bits per heavy atom. The van der Waals surface area contributed by atoms with Crippen molar-refractivity contribution < 1.29 is 30.8 Å². The van der Waals surface area contributed by atoms with Gasteiger partial charge in [0.2, 0.25) is 0 Å². The van der Waals surface area contributed by atoms with Crippen molar-refractivity contribution in [1.29, 1.82) is 0 Å². The fourth-order valence-electron chi connectivity index (χ4n) is 2.47. The fraction of sp³-hybridized carbons (Fsp3) is 0.556. The van der Waals surface area contributed by atoms with Crippen LogP contribution in [-0.2, 0) is 6.98 Å². The number of amides is 1. The van der Waals surface area contributed by atoms with Crippen LogP contribution in [0.25, 0.3) is 10.9 Å². The average molecular weight is 332 g/mol. The first-order valence-electron chi connectivity index (χ1n) is 16.2. The maximum atomic E-state index is 13.5. The number of aryl methyl sites for hydroxylation is 1. The molecule has 1 aromatic carbocycles. The summed E-state index contributed by atoms with van der Waals surface area (Å²) in [5.74, 6) is -1.49. The highest BCUT2D eigenvalue weighted by atomic mass is 16.2. The SMILES string of the molecule is [2H]c1c([2H])c([2H])c2c(c(C(=O)NC3([2H])C[C@]4([2H])N(C([2H])([2H])[2H])[C@@]([2H])(C3)C([2H])([2H])C([2H])([2H])C4([2H])[2H])nn2C([2H])([2H])[2H])c1[2H]. The molecule has 3 heterocycles. The van der Waals surface area contributed by atoms with Gasteiger partial charge in [0, 0.05) is 49.6 Å². The number of rotatable bonds is 2. The maximum absolute atomic E-state index is 13.5. The maximum Gasteiger partial charge on any atom is 0.272 e. The zero-order valence-electron chi connectivity index (χ0n) is 30.7. The molecule has 2 atom stereocenters. The molecule has 2 aliphatic heterocycles. The molecule has 2 fully saturated rings. The summed E-state index contributed by atoms with van der Waals surface area (Å²) in [5, 5.41) is 5.00. The highest BCUT2D eigenvalue weighted by Crippen LogP contribution is 2.32. The molecule has 2 bridgehead atoms. The van der Waals surface area contributed by atoms with Gasteiger partial charge in [-0.2, -0.15) is 5.10 Å². The Labute approximate surface area is 163 Å². The predicted octanol–water partition coefficient (Wildman–Crippen LogP) is 2.32. The zero-order valence-corrected chi connectivity index (χ0v) is 11.7. The molecule has 0 spiro atoms. The van der Waals surface area contributed by atoms with E-state index in [1.807, 2.05) is 5.32 Å². The molecule has 5 heteroatoms. The largest absolute Gasteiger partial charge is 0.348 e. The van der Waals surface area contributed by atoms with Crippen LogP contribution in [0.5, 0.6) is 0 Å². The first kappa shape index (κ1) is 4.60. The van der Waals surface area contributed by atoms with E-state index < -0.39 is 111 Å². The lowest BCUT2D eigenvalue weighted by molar-refractivity contribution is 0.0462. The van der Waals surface area contributed by atoms with Crippen LogP contribution in [0.15, 0.2) is 24.2 Å². The summed E-state index contributed by atoms with van der Waals surface area (Å²) < 4.78 is 156. The number of para-hydroxylation sites is 1. The molecule has 1 N–H and O–H groups in total. The Morgan fingerprint density at radius 2 is 2.17 bits per heavy atom. The molecule has 122 valence electrons. The minimum Gasteiger partial charge on any atom is -0.348 e. The van der Waals surface area contributed by atoms with Crippen molar-refractivity contribution in [2.75, 3.05) is 6.98 Å². The van der Waals surface area contributed by atoms with Gasteiger partial charge >= 0.3 is 0 Å². The Bertz CT molecular complexity index is 1460.